The number of ether oxygens (including phenoxy) is 1. The van der Waals surface area contributed by atoms with Crippen molar-refractivity contribution in [2.75, 3.05) is 6.61 Å². The highest BCUT2D eigenvalue weighted by Crippen LogP contribution is 2.26. The Labute approximate surface area is 141 Å². The minimum absolute atomic E-state index is 0.215. The fraction of sp³-hybridized carbons (Fsp3) is 0.857. The third-order valence-electron chi connectivity index (χ3n) is 2.92. The molecule has 124 valence electrons. The van der Waals surface area contributed by atoms with Crippen molar-refractivity contribution in [1.29, 1.82) is 0 Å². The van der Waals surface area contributed by atoms with Crippen LogP contribution in [-0.2, 0) is 14.3 Å². The standard InChI is InChI=1S/C14H23Cl3O4/c15-14(16,17)11-21-13(20)10-8-6-4-2-1-3-5-7-9-12(18)19/h1-11H2,(H,18,19). The van der Waals surface area contributed by atoms with Crippen LogP contribution in [0, 0.1) is 0 Å². The van der Waals surface area contributed by atoms with Crippen LogP contribution < -0.4 is 0 Å². The number of hydrogen-bond donors (Lipinski definition) is 1. The molecular weight excluding hydrogens is 339 g/mol. The van der Waals surface area contributed by atoms with Crippen LogP contribution >= 0.6 is 34.8 Å². The Hall–Kier alpha value is -0.190. The van der Waals surface area contributed by atoms with Crippen LogP contribution in [0.3, 0.4) is 0 Å². The molecule has 0 rings (SSSR count). The Morgan fingerprint density at radius 1 is 0.810 bits per heavy atom. The van der Waals surface area contributed by atoms with Crippen molar-refractivity contribution in [2.45, 2.75) is 68.0 Å². The summed E-state index contributed by atoms with van der Waals surface area (Å²) in [7, 11) is 0. The summed E-state index contributed by atoms with van der Waals surface area (Å²) in [5.41, 5.74) is 0. The second kappa shape index (κ2) is 12.4. The molecular formula is C14H23Cl3O4. The molecule has 0 saturated carbocycles. The van der Waals surface area contributed by atoms with E-state index < -0.39 is 9.76 Å². The van der Waals surface area contributed by atoms with E-state index >= 15 is 0 Å². The Balaban J connectivity index is 3.25. The molecule has 0 fully saturated rings. The van der Waals surface area contributed by atoms with E-state index in [4.69, 9.17) is 44.6 Å². The van der Waals surface area contributed by atoms with Crippen LogP contribution in [0.5, 0.6) is 0 Å². The zero-order valence-electron chi connectivity index (χ0n) is 12.1. The van der Waals surface area contributed by atoms with Gasteiger partial charge in [-0.15, -0.1) is 0 Å². The van der Waals surface area contributed by atoms with Gasteiger partial charge in [-0.1, -0.05) is 73.3 Å². The Kier molecular flexibility index (Phi) is 12.3. The third kappa shape index (κ3) is 17.8. The maximum Gasteiger partial charge on any atom is 0.305 e. The monoisotopic (exact) mass is 360 g/mol. The molecule has 0 atom stereocenters. The molecule has 1 N–H and O–H groups in total. The Bertz CT molecular complexity index is 303. The molecule has 21 heavy (non-hydrogen) atoms. The average Bonchev–Trinajstić information content (AvgIpc) is 2.37. The molecule has 0 aliphatic rings. The summed E-state index contributed by atoms with van der Waals surface area (Å²) in [6.45, 7) is -0.215. The first-order valence-electron chi connectivity index (χ1n) is 7.25. The van der Waals surface area contributed by atoms with Crippen LogP contribution in [-0.4, -0.2) is 27.4 Å². The molecule has 0 radical (unpaired) electrons. The molecule has 0 bridgehead atoms. The van der Waals surface area contributed by atoms with E-state index in [-0.39, 0.29) is 19.0 Å². The summed E-state index contributed by atoms with van der Waals surface area (Å²) >= 11 is 16.4. The topological polar surface area (TPSA) is 63.6 Å². The summed E-state index contributed by atoms with van der Waals surface area (Å²) in [5, 5.41) is 8.48. The van der Waals surface area contributed by atoms with Crippen LogP contribution in [0.25, 0.3) is 0 Å². The lowest BCUT2D eigenvalue weighted by Crippen LogP contribution is -2.17. The van der Waals surface area contributed by atoms with Crippen LogP contribution in [0.15, 0.2) is 0 Å². The minimum Gasteiger partial charge on any atom is -0.481 e. The maximum atomic E-state index is 11.3. The van der Waals surface area contributed by atoms with Gasteiger partial charge in [0.1, 0.15) is 6.61 Å². The average molecular weight is 362 g/mol. The lowest BCUT2D eigenvalue weighted by molar-refractivity contribution is -0.143. The van der Waals surface area contributed by atoms with Gasteiger partial charge in [-0.2, -0.15) is 0 Å². The predicted octanol–water partition coefficient (Wildman–Crippen LogP) is 4.89. The number of unbranched alkanes of at least 4 members (excludes halogenated alkanes) is 7. The summed E-state index contributed by atoms with van der Waals surface area (Å²) in [4.78, 5) is 21.6. The predicted molar refractivity (Wildman–Crippen MR) is 85.1 cm³/mol. The molecule has 7 heteroatoms. The Morgan fingerprint density at radius 3 is 1.67 bits per heavy atom. The SMILES string of the molecule is O=C(O)CCCCCCCCCCC(=O)OCC(Cl)(Cl)Cl. The van der Waals surface area contributed by atoms with Gasteiger partial charge >= 0.3 is 11.9 Å². The lowest BCUT2D eigenvalue weighted by atomic mass is 10.1. The minimum atomic E-state index is -1.55. The van der Waals surface area contributed by atoms with E-state index in [2.05, 4.69) is 0 Å². The maximum absolute atomic E-state index is 11.3. The number of carbonyl (C=O) groups excluding carboxylic acids is 1. The van der Waals surface area contributed by atoms with Crippen LogP contribution in [0.4, 0.5) is 0 Å². The molecule has 0 saturated heterocycles. The number of aliphatic carboxylic acids is 1. The van der Waals surface area contributed by atoms with E-state index in [0.717, 1.165) is 51.4 Å². The first kappa shape index (κ1) is 20.8. The highest BCUT2D eigenvalue weighted by Gasteiger charge is 2.21. The fourth-order valence-corrected chi connectivity index (χ4v) is 2.00. The summed E-state index contributed by atoms with van der Waals surface area (Å²) in [6.07, 6.45) is 8.42. The van der Waals surface area contributed by atoms with Gasteiger partial charge < -0.3 is 9.84 Å². The van der Waals surface area contributed by atoms with Crippen molar-refractivity contribution >= 4 is 46.7 Å². The molecule has 0 aromatic rings. The molecule has 0 aliphatic heterocycles. The van der Waals surface area contributed by atoms with Gasteiger partial charge in [-0.05, 0) is 12.8 Å². The second-order valence-corrected chi connectivity index (χ2v) is 7.51. The van der Waals surface area contributed by atoms with Crippen molar-refractivity contribution in [3.8, 4) is 0 Å². The van der Waals surface area contributed by atoms with Gasteiger partial charge in [-0.25, -0.2) is 0 Å². The van der Waals surface area contributed by atoms with Crippen LogP contribution in [0.2, 0.25) is 0 Å². The van der Waals surface area contributed by atoms with Gasteiger partial charge in [-0.3, -0.25) is 9.59 Å². The molecule has 0 aromatic carbocycles. The smallest absolute Gasteiger partial charge is 0.305 e. The van der Waals surface area contributed by atoms with E-state index in [0.29, 0.717) is 6.42 Å². The molecule has 0 heterocycles. The van der Waals surface area contributed by atoms with Crippen molar-refractivity contribution in [2.24, 2.45) is 0 Å². The Morgan fingerprint density at radius 2 is 1.24 bits per heavy atom. The molecule has 0 spiro atoms. The number of carboxylic acid groups (broad SMARTS) is 1. The fourth-order valence-electron chi connectivity index (χ4n) is 1.84. The highest BCUT2D eigenvalue weighted by atomic mass is 35.6. The summed E-state index contributed by atoms with van der Waals surface area (Å²) < 4.78 is 3.27. The molecule has 0 aromatic heterocycles. The molecule has 4 nitrogen and oxygen atoms in total. The molecule has 0 aliphatic carbocycles. The van der Waals surface area contributed by atoms with Gasteiger partial charge in [0.15, 0.2) is 0 Å². The number of carboxylic acids is 1. The number of halogens is 3. The second-order valence-electron chi connectivity index (χ2n) is 5.00. The normalized spacial score (nSPS) is 11.4. The van der Waals surface area contributed by atoms with Crippen molar-refractivity contribution < 1.29 is 19.4 Å². The number of hydrogen-bond acceptors (Lipinski definition) is 3. The zero-order valence-corrected chi connectivity index (χ0v) is 14.4. The van der Waals surface area contributed by atoms with Crippen molar-refractivity contribution in [1.82, 2.24) is 0 Å². The largest absolute Gasteiger partial charge is 0.481 e. The third-order valence-corrected chi connectivity index (χ3v) is 3.25. The zero-order chi connectivity index (χ0) is 16.1. The van der Waals surface area contributed by atoms with E-state index in [9.17, 15) is 9.59 Å². The molecule has 0 amide bonds. The van der Waals surface area contributed by atoms with Crippen molar-refractivity contribution in [3.05, 3.63) is 0 Å². The van der Waals surface area contributed by atoms with E-state index in [1.165, 1.54) is 0 Å². The summed E-state index contributed by atoms with van der Waals surface area (Å²) in [5.74, 6) is -1.06. The first-order valence-corrected chi connectivity index (χ1v) is 8.39. The number of alkyl halides is 3. The van der Waals surface area contributed by atoms with Crippen LogP contribution in [0.1, 0.15) is 64.2 Å². The molecule has 0 unspecified atom stereocenters. The van der Waals surface area contributed by atoms with E-state index in [1.807, 2.05) is 0 Å². The lowest BCUT2D eigenvalue weighted by Gasteiger charge is -2.11. The summed E-state index contributed by atoms with van der Waals surface area (Å²) in [6, 6.07) is 0. The van der Waals surface area contributed by atoms with Gasteiger partial charge in [0.05, 0.1) is 0 Å². The van der Waals surface area contributed by atoms with Gasteiger partial charge in [0, 0.05) is 12.8 Å². The number of esters is 1. The van der Waals surface area contributed by atoms with E-state index in [1.54, 1.807) is 0 Å². The van der Waals surface area contributed by atoms with Gasteiger partial charge in [0.2, 0.25) is 3.79 Å². The quantitative estimate of drug-likeness (QED) is 0.305. The van der Waals surface area contributed by atoms with Crippen molar-refractivity contribution in [3.63, 3.8) is 0 Å². The number of rotatable bonds is 12. The van der Waals surface area contributed by atoms with Gasteiger partial charge in [0.25, 0.3) is 0 Å². The highest BCUT2D eigenvalue weighted by molar-refractivity contribution is 6.67. The number of carbonyl (C=O) groups is 2. The first-order chi connectivity index (χ1) is 9.81.